The van der Waals surface area contributed by atoms with Gasteiger partial charge >= 0.3 is 6.09 Å². The lowest BCUT2D eigenvalue weighted by atomic mass is 9.80. The Hall–Kier alpha value is -4.65. The van der Waals surface area contributed by atoms with Gasteiger partial charge in [-0.15, -0.1) is 10.2 Å². The smallest absolute Gasteiger partial charge is 0.408 e. The van der Waals surface area contributed by atoms with Crippen molar-refractivity contribution < 1.29 is 19.4 Å². The van der Waals surface area contributed by atoms with Gasteiger partial charge in [-0.1, -0.05) is 106 Å². The minimum Gasteiger partial charge on any atom is -0.453 e. The first kappa shape index (κ1) is 35.2. The zero-order valence-corrected chi connectivity index (χ0v) is 27.9. The summed E-state index contributed by atoms with van der Waals surface area (Å²) in [6.45, 7) is 9.95. The SMILES string of the molecule is COC(=O)N[C@](N)(C(=O)N[C@@H](Cc1ccccc1)[C@@H](O)CNCc1ccc(-c2nnn(C(C)(C)c3ccccc3)n2)cc1)C(C)(C)C. The Morgan fingerprint density at radius 2 is 1.53 bits per heavy atom. The van der Waals surface area contributed by atoms with Gasteiger partial charge in [-0.05, 0) is 42.2 Å². The molecule has 12 heteroatoms. The molecule has 0 radical (unpaired) electrons. The van der Waals surface area contributed by atoms with E-state index in [0.717, 1.165) is 22.3 Å². The Labute approximate surface area is 276 Å². The van der Waals surface area contributed by atoms with Crippen molar-refractivity contribution in [1.29, 1.82) is 0 Å². The Kier molecular flexibility index (Phi) is 11.1. The number of nitrogens with zero attached hydrogens (tertiary/aromatic N) is 4. The van der Waals surface area contributed by atoms with Crippen LogP contribution in [0.3, 0.4) is 0 Å². The molecule has 3 atom stereocenters. The fourth-order valence-corrected chi connectivity index (χ4v) is 5.04. The minimum absolute atomic E-state index is 0.182. The Morgan fingerprint density at radius 1 is 0.915 bits per heavy atom. The topological polar surface area (TPSA) is 169 Å². The lowest BCUT2D eigenvalue weighted by Crippen LogP contribution is -2.73. The van der Waals surface area contributed by atoms with Crippen LogP contribution in [-0.4, -0.2) is 68.8 Å². The minimum atomic E-state index is -1.80. The first-order chi connectivity index (χ1) is 22.2. The van der Waals surface area contributed by atoms with Crippen molar-refractivity contribution in [2.24, 2.45) is 11.1 Å². The van der Waals surface area contributed by atoms with Gasteiger partial charge in [0.25, 0.3) is 5.91 Å². The molecule has 6 N–H and O–H groups in total. The number of hydrogen-bond donors (Lipinski definition) is 5. The number of benzene rings is 3. The summed E-state index contributed by atoms with van der Waals surface area (Å²) in [6, 6.07) is 26.6. The fraction of sp³-hybridized carbons (Fsp3) is 0.400. The van der Waals surface area contributed by atoms with Crippen molar-refractivity contribution in [1.82, 2.24) is 36.2 Å². The molecule has 12 nitrogen and oxygen atoms in total. The standard InChI is InChI=1S/C35H46N8O4/c1-33(2,3)35(36,39-32(46)47-6)31(45)38-28(21-24-13-9-7-10-14-24)29(44)23-37-22-25-17-19-26(20-18-25)30-40-42-43(41-30)34(4,5)27-15-11-8-12-16-27/h7-20,28-29,37,44H,21-23,36H2,1-6H3,(H,38,45)(H,39,46)/t28-,29-,35+/m0/s1. The highest BCUT2D eigenvalue weighted by atomic mass is 16.5. The van der Waals surface area contributed by atoms with Crippen LogP contribution in [0.2, 0.25) is 0 Å². The summed E-state index contributed by atoms with van der Waals surface area (Å²) in [4.78, 5) is 27.3. The number of carbonyl (C=O) groups is 2. The number of aliphatic hydroxyl groups is 1. The molecule has 0 saturated carbocycles. The number of amides is 2. The van der Waals surface area contributed by atoms with Crippen LogP contribution >= 0.6 is 0 Å². The van der Waals surface area contributed by atoms with E-state index in [2.05, 4.69) is 31.4 Å². The molecule has 4 rings (SSSR count). The van der Waals surface area contributed by atoms with Gasteiger partial charge in [-0.2, -0.15) is 4.80 Å². The van der Waals surface area contributed by atoms with Crippen LogP contribution in [0.1, 0.15) is 51.3 Å². The van der Waals surface area contributed by atoms with Gasteiger partial charge in [0, 0.05) is 24.1 Å². The summed E-state index contributed by atoms with van der Waals surface area (Å²) in [5.41, 5.74) is 7.15. The molecule has 0 unspecified atom stereocenters. The zero-order chi connectivity index (χ0) is 34.2. The number of aliphatic hydroxyl groups excluding tert-OH is 1. The molecule has 0 saturated heterocycles. The van der Waals surface area contributed by atoms with Crippen LogP contribution in [0, 0.1) is 5.41 Å². The number of ether oxygens (including phenoxy) is 1. The van der Waals surface area contributed by atoms with E-state index in [1.807, 2.05) is 98.8 Å². The molecule has 0 bridgehead atoms. The second-order valence-corrected chi connectivity index (χ2v) is 13.2. The van der Waals surface area contributed by atoms with Gasteiger partial charge in [-0.3, -0.25) is 10.1 Å². The monoisotopic (exact) mass is 642 g/mol. The van der Waals surface area contributed by atoms with Gasteiger partial charge in [0.1, 0.15) is 5.54 Å². The average molecular weight is 643 g/mol. The number of carbonyl (C=O) groups excluding carboxylic acids is 2. The highest BCUT2D eigenvalue weighted by Gasteiger charge is 2.48. The van der Waals surface area contributed by atoms with Crippen LogP contribution in [0.15, 0.2) is 84.9 Å². The summed E-state index contributed by atoms with van der Waals surface area (Å²) in [5, 5.41) is 33.2. The molecule has 3 aromatic carbocycles. The molecule has 0 aliphatic heterocycles. The Morgan fingerprint density at radius 3 is 2.13 bits per heavy atom. The maximum atomic E-state index is 13.6. The molecule has 0 spiro atoms. The molecule has 0 fully saturated rings. The van der Waals surface area contributed by atoms with Crippen molar-refractivity contribution in [2.45, 2.75) is 70.9 Å². The van der Waals surface area contributed by atoms with E-state index in [1.54, 1.807) is 25.6 Å². The zero-order valence-electron chi connectivity index (χ0n) is 27.9. The Bertz CT molecular complexity index is 1600. The number of nitrogens with one attached hydrogen (secondary N) is 3. The number of alkyl carbamates (subject to hydrolysis) is 1. The van der Waals surface area contributed by atoms with Crippen molar-refractivity contribution in [3.05, 3.63) is 102 Å². The highest BCUT2D eigenvalue weighted by Crippen LogP contribution is 2.27. The first-order valence-electron chi connectivity index (χ1n) is 15.6. The van der Waals surface area contributed by atoms with Crippen LogP contribution in [0.25, 0.3) is 11.4 Å². The van der Waals surface area contributed by atoms with E-state index < -0.39 is 40.8 Å². The molecule has 4 aromatic rings. The summed E-state index contributed by atoms with van der Waals surface area (Å²) in [5.74, 6) is -0.111. The molecule has 250 valence electrons. The molecule has 0 aliphatic carbocycles. The lowest BCUT2D eigenvalue weighted by Gasteiger charge is -2.41. The third kappa shape index (κ3) is 8.59. The number of rotatable bonds is 13. The summed E-state index contributed by atoms with van der Waals surface area (Å²) in [6.07, 6.45) is -1.47. The number of hydrogen-bond acceptors (Lipinski definition) is 9. The highest BCUT2D eigenvalue weighted by molar-refractivity contribution is 5.90. The fourth-order valence-electron chi connectivity index (χ4n) is 5.04. The van der Waals surface area contributed by atoms with Crippen molar-refractivity contribution in [3.63, 3.8) is 0 Å². The summed E-state index contributed by atoms with van der Waals surface area (Å²) in [7, 11) is 1.20. The van der Waals surface area contributed by atoms with Gasteiger partial charge in [0.05, 0.1) is 19.3 Å². The van der Waals surface area contributed by atoms with Gasteiger partial charge in [-0.25, -0.2) is 4.79 Å². The largest absolute Gasteiger partial charge is 0.453 e. The van der Waals surface area contributed by atoms with Crippen molar-refractivity contribution in [3.8, 4) is 11.4 Å². The summed E-state index contributed by atoms with van der Waals surface area (Å²) >= 11 is 0. The maximum Gasteiger partial charge on any atom is 0.408 e. The predicted octanol–water partition coefficient (Wildman–Crippen LogP) is 3.36. The van der Waals surface area contributed by atoms with Crippen LogP contribution in [0.4, 0.5) is 4.79 Å². The lowest BCUT2D eigenvalue weighted by molar-refractivity contribution is -0.133. The third-order valence-corrected chi connectivity index (χ3v) is 8.39. The Balaban J connectivity index is 1.41. The molecule has 47 heavy (non-hydrogen) atoms. The second-order valence-electron chi connectivity index (χ2n) is 13.2. The maximum absolute atomic E-state index is 13.6. The predicted molar refractivity (Wildman–Crippen MR) is 180 cm³/mol. The average Bonchev–Trinajstić information content (AvgIpc) is 3.56. The van der Waals surface area contributed by atoms with Crippen molar-refractivity contribution in [2.75, 3.05) is 13.7 Å². The molecule has 1 aromatic heterocycles. The number of aromatic nitrogens is 4. The van der Waals surface area contributed by atoms with E-state index in [-0.39, 0.29) is 6.54 Å². The van der Waals surface area contributed by atoms with Crippen LogP contribution < -0.4 is 21.7 Å². The third-order valence-electron chi connectivity index (χ3n) is 8.39. The molecular formula is C35H46N8O4. The van der Waals surface area contributed by atoms with Gasteiger partial charge < -0.3 is 26.2 Å². The van der Waals surface area contributed by atoms with Crippen molar-refractivity contribution >= 4 is 12.0 Å². The van der Waals surface area contributed by atoms with E-state index in [1.165, 1.54) is 7.11 Å². The quantitative estimate of drug-likeness (QED) is 0.137. The molecule has 2 amide bonds. The van der Waals surface area contributed by atoms with Crippen LogP contribution in [0.5, 0.6) is 0 Å². The van der Waals surface area contributed by atoms with E-state index in [0.29, 0.717) is 18.8 Å². The number of nitrogens with two attached hydrogens (primary N) is 1. The van der Waals surface area contributed by atoms with Gasteiger partial charge in [0.15, 0.2) is 5.66 Å². The second kappa shape index (κ2) is 14.8. The van der Waals surface area contributed by atoms with E-state index in [4.69, 9.17) is 10.5 Å². The molecular weight excluding hydrogens is 596 g/mol. The number of tetrazole rings is 1. The molecule has 1 heterocycles. The number of methoxy groups -OCH3 is 1. The van der Waals surface area contributed by atoms with Gasteiger partial charge in [0.2, 0.25) is 5.82 Å². The van der Waals surface area contributed by atoms with E-state index in [9.17, 15) is 14.7 Å². The summed E-state index contributed by atoms with van der Waals surface area (Å²) < 4.78 is 4.72. The first-order valence-corrected chi connectivity index (χ1v) is 15.6. The molecule has 0 aliphatic rings. The van der Waals surface area contributed by atoms with E-state index >= 15 is 0 Å². The normalized spacial score (nSPS) is 14.5. The van der Waals surface area contributed by atoms with Crippen LogP contribution in [-0.2, 0) is 28.0 Å².